The number of nitrogens with one attached hydrogen (secondary N) is 1. The minimum Gasteiger partial charge on any atom is -0.480 e. The summed E-state index contributed by atoms with van der Waals surface area (Å²) in [7, 11) is -1.15. The van der Waals surface area contributed by atoms with Crippen LogP contribution in [0, 0.1) is 0 Å². The number of sulfone groups is 1. The summed E-state index contributed by atoms with van der Waals surface area (Å²) < 4.78 is 22.0. The molecule has 0 amide bonds. The zero-order valence-corrected chi connectivity index (χ0v) is 11.7. The average Bonchev–Trinajstić information content (AvgIpc) is 3.03. The summed E-state index contributed by atoms with van der Waals surface area (Å²) in [5, 5.41) is 12.1. The molecule has 1 aliphatic carbocycles. The molecule has 0 spiro atoms. The van der Waals surface area contributed by atoms with Crippen LogP contribution in [-0.2, 0) is 14.6 Å². The van der Waals surface area contributed by atoms with E-state index in [1.807, 2.05) is 4.90 Å². The number of carboxylic acids is 1. The van der Waals surface area contributed by atoms with Gasteiger partial charge in [0, 0.05) is 18.8 Å². The van der Waals surface area contributed by atoms with Gasteiger partial charge >= 0.3 is 5.97 Å². The molecule has 0 radical (unpaired) electrons. The van der Waals surface area contributed by atoms with E-state index in [9.17, 15) is 13.2 Å². The topological polar surface area (TPSA) is 86.7 Å². The predicted octanol–water partition coefficient (Wildman–Crippen LogP) is -0.442. The number of nitrogens with zero attached hydrogens (tertiary/aromatic N) is 1. The molecule has 0 heterocycles. The van der Waals surface area contributed by atoms with Crippen molar-refractivity contribution in [3.63, 3.8) is 0 Å². The third-order valence-corrected chi connectivity index (χ3v) is 3.88. The molecule has 1 unspecified atom stereocenters. The normalized spacial score (nSPS) is 17.9. The van der Waals surface area contributed by atoms with E-state index in [1.54, 1.807) is 7.05 Å². The largest absolute Gasteiger partial charge is 0.480 e. The van der Waals surface area contributed by atoms with Crippen molar-refractivity contribution in [2.75, 3.05) is 32.1 Å². The van der Waals surface area contributed by atoms with Gasteiger partial charge in [0.25, 0.3) is 0 Å². The lowest BCUT2D eigenvalue weighted by atomic mass is 10.2. The van der Waals surface area contributed by atoms with E-state index in [2.05, 4.69) is 5.32 Å². The number of hydrogen-bond acceptors (Lipinski definition) is 5. The summed E-state index contributed by atoms with van der Waals surface area (Å²) in [6.07, 6.45) is 3.79. The highest BCUT2D eigenvalue weighted by Gasteiger charge is 2.28. The first-order chi connectivity index (χ1) is 8.28. The number of hydrogen-bond donors (Lipinski definition) is 2. The SMILES string of the molecule is CN(CCC(NC1CC1)C(=O)O)CCS(C)(=O)=O. The fraction of sp³-hybridized carbons (Fsp3) is 0.909. The van der Waals surface area contributed by atoms with Gasteiger partial charge in [0.2, 0.25) is 0 Å². The van der Waals surface area contributed by atoms with E-state index in [4.69, 9.17) is 5.11 Å². The van der Waals surface area contributed by atoms with Crippen molar-refractivity contribution in [1.82, 2.24) is 10.2 Å². The Kier molecular flexibility index (Phi) is 5.55. The molecule has 1 saturated carbocycles. The third-order valence-electron chi connectivity index (χ3n) is 2.96. The van der Waals surface area contributed by atoms with Crippen LogP contribution >= 0.6 is 0 Å². The molecule has 0 aliphatic heterocycles. The Morgan fingerprint density at radius 2 is 2.06 bits per heavy atom. The van der Waals surface area contributed by atoms with E-state index < -0.39 is 21.8 Å². The molecule has 0 bridgehead atoms. The zero-order chi connectivity index (χ0) is 13.8. The second-order valence-corrected chi connectivity index (χ2v) is 7.31. The summed E-state index contributed by atoms with van der Waals surface area (Å²) in [4.78, 5) is 12.9. The smallest absolute Gasteiger partial charge is 0.320 e. The predicted molar refractivity (Wildman–Crippen MR) is 69.4 cm³/mol. The van der Waals surface area contributed by atoms with Crippen LogP contribution < -0.4 is 5.32 Å². The minimum absolute atomic E-state index is 0.108. The van der Waals surface area contributed by atoms with Gasteiger partial charge in [0.05, 0.1) is 5.75 Å². The lowest BCUT2D eigenvalue weighted by Gasteiger charge is -2.19. The van der Waals surface area contributed by atoms with Gasteiger partial charge in [-0.3, -0.25) is 4.79 Å². The van der Waals surface area contributed by atoms with Gasteiger partial charge in [-0.1, -0.05) is 0 Å². The van der Waals surface area contributed by atoms with Crippen LogP contribution in [0.1, 0.15) is 19.3 Å². The number of carbonyl (C=O) groups is 1. The van der Waals surface area contributed by atoms with Crippen molar-refractivity contribution in [3.8, 4) is 0 Å². The fourth-order valence-electron chi connectivity index (χ4n) is 1.60. The van der Waals surface area contributed by atoms with Gasteiger partial charge in [-0.05, 0) is 32.9 Å². The molecule has 1 rings (SSSR count). The molecule has 106 valence electrons. The lowest BCUT2D eigenvalue weighted by molar-refractivity contribution is -0.139. The number of aliphatic carboxylic acids is 1. The second kappa shape index (κ2) is 6.49. The van der Waals surface area contributed by atoms with E-state index in [-0.39, 0.29) is 5.75 Å². The van der Waals surface area contributed by atoms with Crippen molar-refractivity contribution in [2.45, 2.75) is 31.3 Å². The molecule has 0 aromatic carbocycles. The van der Waals surface area contributed by atoms with Gasteiger partial charge in [0.1, 0.15) is 15.9 Å². The molecule has 6 nitrogen and oxygen atoms in total. The number of rotatable bonds is 9. The molecule has 1 fully saturated rings. The third kappa shape index (κ3) is 6.93. The van der Waals surface area contributed by atoms with Crippen LogP contribution in [0.3, 0.4) is 0 Å². The highest BCUT2D eigenvalue weighted by atomic mass is 32.2. The summed E-state index contributed by atoms with van der Waals surface area (Å²) >= 11 is 0. The second-order valence-electron chi connectivity index (χ2n) is 5.05. The van der Waals surface area contributed by atoms with Gasteiger partial charge in [-0.25, -0.2) is 8.42 Å². The van der Waals surface area contributed by atoms with Crippen LogP contribution in [0.4, 0.5) is 0 Å². The lowest BCUT2D eigenvalue weighted by Crippen LogP contribution is -2.41. The maximum absolute atomic E-state index is 11.0. The van der Waals surface area contributed by atoms with Gasteiger partial charge in [-0.2, -0.15) is 0 Å². The first kappa shape index (κ1) is 15.4. The van der Waals surface area contributed by atoms with Crippen molar-refractivity contribution < 1.29 is 18.3 Å². The van der Waals surface area contributed by atoms with E-state index >= 15 is 0 Å². The quantitative estimate of drug-likeness (QED) is 0.594. The molecule has 0 aromatic heterocycles. The maximum Gasteiger partial charge on any atom is 0.320 e. The molecular weight excluding hydrogens is 256 g/mol. The van der Waals surface area contributed by atoms with Crippen LogP contribution in [0.25, 0.3) is 0 Å². The molecule has 1 atom stereocenters. The van der Waals surface area contributed by atoms with Crippen LogP contribution in [0.15, 0.2) is 0 Å². The summed E-state index contributed by atoms with van der Waals surface area (Å²) in [5.74, 6) is -0.726. The molecule has 2 N–H and O–H groups in total. The van der Waals surface area contributed by atoms with E-state index in [0.29, 0.717) is 25.6 Å². The molecule has 0 aromatic rings. The Labute approximate surface area is 108 Å². The standard InChI is InChI=1S/C11H22N2O4S/c1-13(7-8-18(2,16)17)6-5-10(11(14)15)12-9-3-4-9/h9-10,12H,3-8H2,1-2H3,(H,14,15). The summed E-state index contributed by atoms with van der Waals surface area (Å²) in [6.45, 7) is 1.01. The highest BCUT2D eigenvalue weighted by Crippen LogP contribution is 2.20. The van der Waals surface area contributed by atoms with Gasteiger partial charge in [-0.15, -0.1) is 0 Å². The molecule has 0 saturated heterocycles. The number of carboxylic acid groups (broad SMARTS) is 1. The van der Waals surface area contributed by atoms with Gasteiger partial charge in [0.15, 0.2) is 0 Å². The molecular formula is C11H22N2O4S. The Hall–Kier alpha value is -0.660. The van der Waals surface area contributed by atoms with Gasteiger partial charge < -0.3 is 15.3 Å². The summed E-state index contributed by atoms with van der Waals surface area (Å²) in [6, 6.07) is -0.175. The Balaban J connectivity index is 2.25. The molecule has 18 heavy (non-hydrogen) atoms. The fourth-order valence-corrected chi connectivity index (χ4v) is 2.24. The first-order valence-electron chi connectivity index (χ1n) is 6.13. The molecule has 7 heteroatoms. The monoisotopic (exact) mass is 278 g/mol. The summed E-state index contributed by atoms with van der Waals surface area (Å²) in [5.41, 5.74) is 0. The molecule has 1 aliphatic rings. The highest BCUT2D eigenvalue weighted by molar-refractivity contribution is 7.90. The maximum atomic E-state index is 11.0. The minimum atomic E-state index is -2.96. The van der Waals surface area contributed by atoms with Crippen molar-refractivity contribution in [2.24, 2.45) is 0 Å². The Morgan fingerprint density at radius 1 is 1.44 bits per heavy atom. The van der Waals surface area contributed by atoms with E-state index in [1.165, 1.54) is 6.26 Å². The van der Waals surface area contributed by atoms with E-state index in [0.717, 1.165) is 12.8 Å². The van der Waals surface area contributed by atoms with Crippen LogP contribution in [-0.4, -0.2) is 68.6 Å². The zero-order valence-electron chi connectivity index (χ0n) is 10.9. The first-order valence-corrected chi connectivity index (χ1v) is 8.19. The van der Waals surface area contributed by atoms with Crippen LogP contribution in [0.5, 0.6) is 0 Å². The Morgan fingerprint density at radius 3 is 2.50 bits per heavy atom. The van der Waals surface area contributed by atoms with Crippen molar-refractivity contribution in [3.05, 3.63) is 0 Å². The van der Waals surface area contributed by atoms with Crippen LogP contribution in [0.2, 0.25) is 0 Å². The van der Waals surface area contributed by atoms with Crippen molar-refractivity contribution >= 4 is 15.8 Å². The Bertz CT molecular complexity index is 379. The average molecular weight is 278 g/mol. The van der Waals surface area contributed by atoms with Crippen molar-refractivity contribution in [1.29, 1.82) is 0 Å².